The van der Waals surface area contributed by atoms with Gasteiger partial charge in [-0.15, -0.1) is 0 Å². The molecule has 5 rings (SSSR count). The van der Waals surface area contributed by atoms with Gasteiger partial charge >= 0.3 is 0 Å². The van der Waals surface area contributed by atoms with Crippen LogP contribution < -0.4 is 5.56 Å². The average Bonchev–Trinajstić information content (AvgIpc) is 3.21. The van der Waals surface area contributed by atoms with Crippen LogP contribution in [0.5, 0.6) is 0 Å². The van der Waals surface area contributed by atoms with Gasteiger partial charge in [0.05, 0.1) is 12.0 Å². The molecular formula is C21H21N5O2. The minimum Gasteiger partial charge on any atom is -0.348 e. The summed E-state index contributed by atoms with van der Waals surface area (Å²) >= 11 is 0. The van der Waals surface area contributed by atoms with Crippen LogP contribution in [0.2, 0.25) is 0 Å². The Morgan fingerprint density at radius 2 is 1.93 bits per heavy atom. The molecule has 1 aliphatic heterocycles. The molecule has 3 aromatic heterocycles. The lowest BCUT2D eigenvalue weighted by Gasteiger charge is -2.35. The van der Waals surface area contributed by atoms with Crippen LogP contribution in [0, 0.1) is 0 Å². The Morgan fingerprint density at radius 3 is 2.79 bits per heavy atom. The van der Waals surface area contributed by atoms with Gasteiger partial charge in [0.2, 0.25) is 0 Å². The fourth-order valence-corrected chi connectivity index (χ4v) is 4.37. The van der Waals surface area contributed by atoms with Crippen LogP contribution in [-0.2, 0) is 19.3 Å². The number of aryl methyl sites for hydroxylation is 2. The summed E-state index contributed by atoms with van der Waals surface area (Å²) in [5, 5.41) is 0. The van der Waals surface area contributed by atoms with Gasteiger partial charge in [-0.05, 0) is 55.0 Å². The van der Waals surface area contributed by atoms with Crippen LogP contribution in [0.4, 0.5) is 0 Å². The first-order valence-electron chi connectivity index (χ1n) is 9.70. The van der Waals surface area contributed by atoms with E-state index >= 15 is 0 Å². The number of aromatic nitrogens is 4. The first-order valence-corrected chi connectivity index (χ1v) is 9.70. The minimum atomic E-state index is -0.332. The van der Waals surface area contributed by atoms with E-state index in [9.17, 15) is 9.59 Å². The summed E-state index contributed by atoms with van der Waals surface area (Å²) in [5.41, 5.74) is 4.79. The number of aromatic amines is 2. The van der Waals surface area contributed by atoms with Gasteiger partial charge in [0.15, 0.2) is 0 Å². The molecule has 1 atom stereocenters. The molecule has 7 nitrogen and oxygen atoms in total. The zero-order chi connectivity index (χ0) is 19.1. The van der Waals surface area contributed by atoms with Crippen molar-refractivity contribution in [2.45, 2.75) is 38.1 Å². The highest BCUT2D eigenvalue weighted by atomic mass is 16.2. The van der Waals surface area contributed by atoms with Crippen molar-refractivity contribution in [1.29, 1.82) is 0 Å². The number of fused-ring (bicyclic) bond motifs is 2. The van der Waals surface area contributed by atoms with Crippen LogP contribution in [0.3, 0.4) is 0 Å². The van der Waals surface area contributed by atoms with Crippen molar-refractivity contribution in [3.63, 3.8) is 0 Å². The van der Waals surface area contributed by atoms with E-state index in [4.69, 9.17) is 0 Å². The molecule has 0 unspecified atom stereocenters. The maximum absolute atomic E-state index is 13.5. The maximum Gasteiger partial charge on any atom is 0.261 e. The standard InChI is InChI=1S/C21H21N5O2/c27-20-15(11-14-3-1-2-4-16(14)25-20)21(28)26-10-7-17-18(24-12-23-17)19(26)13-5-8-22-9-6-13/h5-6,8-9,11-12,19H,1-4,7,10H2,(H,23,24)(H,25,27)/t19-/m1/s1. The Kier molecular flexibility index (Phi) is 4.07. The normalized spacial score (nSPS) is 18.4. The number of imidazole rings is 1. The molecule has 0 radical (unpaired) electrons. The number of hydrogen-bond donors (Lipinski definition) is 2. The predicted octanol–water partition coefficient (Wildman–Crippen LogP) is 2.16. The molecule has 7 heteroatoms. The Morgan fingerprint density at radius 1 is 1.11 bits per heavy atom. The SMILES string of the molecule is O=C(c1cc2c([nH]c1=O)CCCC2)N1CCc2[nH]cnc2[C@H]1c1ccncc1. The lowest BCUT2D eigenvalue weighted by Crippen LogP contribution is -2.42. The number of nitrogens with one attached hydrogen (secondary N) is 2. The summed E-state index contributed by atoms with van der Waals surface area (Å²) in [6, 6.07) is 5.26. The number of H-pyrrole nitrogens is 2. The molecule has 2 aliphatic rings. The van der Waals surface area contributed by atoms with Gasteiger partial charge in [-0.25, -0.2) is 4.98 Å². The molecule has 0 bridgehead atoms. The van der Waals surface area contributed by atoms with Gasteiger partial charge in [0.25, 0.3) is 11.5 Å². The Bertz CT molecular complexity index is 1090. The van der Waals surface area contributed by atoms with Crippen LogP contribution in [0.15, 0.2) is 41.7 Å². The zero-order valence-electron chi connectivity index (χ0n) is 15.4. The van der Waals surface area contributed by atoms with Gasteiger partial charge in [-0.2, -0.15) is 0 Å². The molecule has 3 aromatic rings. The van der Waals surface area contributed by atoms with Gasteiger partial charge < -0.3 is 14.9 Å². The first-order chi connectivity index (χ1) is 13.7. The van der Waals surface area contributed by atoms with Gasteiger partial charge in [0.1, 0.15) is 11.6 Å². The number of carbonyl (C=O) groups is 1. The maximum atomic E-state index is 13.5. The second kappa shape index (κ2) is 6.74. The third kappa shape index (κ3) is 2.74. The summed E-state index contributed by atoms with van der Waals surface area (Å²) in [4.78, 5) is 42.6. The summed E-state index contributed by atoms with van der Waals surface area (Å²) in [6.45, 7) is 0.525. The topological polar surface area (TPSA) is 94.7 Å². The van der Waals surface area contributed by atoms with Gasteiger partial charge in [-0.1, -0.05) is 0 Å². The number of amides is 1. The zero-order valence-corrected chi connectivity index (χ0v) is 15.4. The molecule has 28 heavy (non-hydrogen) atoms. The molecule has 4 heterocycles. The third-order valence-electron chi connectivity index (χ3n) is 5.78. The Balaban J connectivity index is 1.58. The monoisotopic (exact) mass is 375 g/mol. The van der Waals surface area contributed by atoms with E-state index in [1.165, 1.54) is 0 Å². The number of carbonyl (C=O) groups excluding carboxylic acids is 1. The predicted molar refractivity (Wildman–Crippen MR) is 103 cm³/mol. The number of pyridine rings is 2. The summed E-state index contributed by atoms with van der Waals surface area (Å²) in [6.07, 6.45) is 9.73. The van der Waals surface area contributed by atoms with Crippen molar-refractivity contribution in [3.05, 3.63) is 81.0 Å². The Hall–Kier alpha value is -3.22. The molecule has 2 N–H and O–H groups in total. The van der Waals surface area contributed by atoms with Crippen LogP contribution in [0.25, 0.3) is 0 Å². The summed E-state index contributed by atoms with van der Waals surface area (Å²) in [5.74, 6) is -0.245. The molecule has 142 valence electrons. The minimum absolute atomic E-state index is 0.221. The second-order valence-corrected chi connectivity index (χ2v) is 7.42. The van der Waals surface area contributed by atoms with E-state index in [-0.39, 0.29) is 23.1 Å². The number of rotatable bonds is 2. The van der Waals surface area contributed by atoms with E-state index in [2.05, 4.69) is 19.9 Å². The fraction of sp³-hybridized carbons (Fsp3) is 0.333. The lowest BCUT2D eigenvalue weighted by atomic mass is 9.93. The Labute approximate surface area is 161 Å². The molecule has 1 amide bonds. The van der Waals surface area contributed by atoms with Crippen molar-refractivity contribution in [2.24, 2.45) is 0 Å². The van der Waals surface area contributed by atoms with Crippen molar-refractivity contribution in [1.82, 2.24) is 24.8 Å². The van der Waals surface area contributed by atoms with Crippen LogP contribution in [0.1, 0.15) is 57.5 Å². The highest BCUT2D eigenvalue weighted by Crippen LogP contribution is 2.34. The molecule has 0 fully saturated rings. The number of nitrogens with zero attached hydrogens (tertiary/aromatic N) is 3. The van der Waals surface area contributed by atoms with Gasteiger partial charge in [-0.3, -0.25) is 14.6 Å². The second-order valence-electron chi connectivity index (χ2n) is 7.42. The van der Waals surface area contributed by atoms with E-state index < -0.39 is 0 Å². The van der Waals surface area contributed by atoms with Crippen LogP contribution in [-0.4, -0.2) is 37.3 Å². The van der Waals surface area contributed by atoms with Crippen molar-refractivity contribution < 1.29 is 4.79 Å². The van der Waals surface area contributed by atoms with E-state index in [1.54, 1.807) is 29.7 Å². The molecular weight excluding hydrogens is 354 g/mol. The van der Waals surface area contributed by atoms with Crippen LogP contribution >= 0.6 is 0 Å². The molecule has 0 saturated carbocycles. The molecule has 1 aliphatic carbocycles. The van der Waals surface area contributed by atoms with Crippen molar-refractivity contribution >= 4 is 5.91 Å². The van der Waals surface area contributed by atoms with E-state index in [0.29, 0.717) is 13.0 Å². The molecule has 0 spiro atoms. The average molecular weight is 375 g/mol. The summed E-state index contributed by atoms with van der Waals surface area (Å²) < 4.78 is 0. The largest absolute Gasteiger partial charge is 0.348 e. The van der Waals surface area contributed by atoms with Gasteiger partial charge in [0, 0.05) is 36.7 Å². The van der Waals surface area contributed by atoms with Crippen molar-refractivity contribution in [3.8, 4) is 0 Å². The van der Waals surface area contributed by atoms with Crippen molar-refractivity contribution in [2.75, 3.05) is 6.54 Å². The van der Waals surface area contributed by atoms with E-state index in [0.717, 1.165) is 53.9 Å². The lowest BCUT2D eigenvalue weighted by molar-refractivity contribution is 0.0688. The first kappa shape index (κ1) is 16.9. The quantitative estimate of drug-likeness (QED) is 0.718. The molecule has 0 aromatic carbocycles. The summed E-state index contributed by atoms with van der Waals surface area (Å²) in [7, 11) is 0. The number of hydrogen-bond acceptors (Lipinski definition) is 4. The fourth-order valence-electron chi connectivity index (χ4n) is 4.37. The van der Waals surface area contributed by atoms with E-state index in [1.807, 2.05) is 12.1 Å². The third-order valence-corrected chi connectivity index (χ3v) is 5.78. The smallest absolute Gasteiger partial charge is 0.261 e. The highest BCUT2D eigenvalue weighted by molar-refractivity contribution is 5.94. The molecule has 0 saturated heterocycles. The highest BCUT2D eigenvalue weighted by Gasteiger charge is 2.35.